The van der Waals surface area contributed by atoms with Gasteiger partial charge in [0.25, 0.3) is 0 Å². The number of carbonyl (C=O) groups is 1. The molecular weight excluding hydrogens is 260 g/mol. The molecule has 0 spiro atoms. The van der Waals surface area contributed by atoms with Gasteiger partial charge in [0.15, 0.2) is 6.04 Å². The highest BCUT2D eigenvalue weighted by atomic mass is 16.6. The third kappa shape index (κ3) is 5.69. The zero-order valence-corrected chi connectivity index (χ0v) is 12.2. The number of hydrogen-bond acceptors (Lipinski definition) is 5. The van der Waals surface area contributed by atoms with Crippen LogP contribution in [0.1, 0.15) is 26.3 Å². The summed E-state index contributed by atoms with van der Waals surface area (Å²) in [5, 5.41) is 13.5. The molecule has 0 amide bonds. The average Bonchev–Trinajstić information content (AvgIpc) is 2.28. The summed E-state index contributed by atoms with van der Waals surface area (Å²) in [4.78, 5) is 22.1. The summed E-state index contributed by atoms with van der Waals surface area (Å²) >= 11 is 0. The molecular formula is C14H20N2O4. The molecule has 0 radical (unpaired) electrons. The molecule has 1 aromatic carbocycles. The van der Waals surface area contributed by atoms with E-state index in [0.717, 1.165) is 5.56 Å². The molecule has 6 nitrogen and oxygen atoms in total. The molecule has 0 aliphatic carbocycles. The van der Waals surface area contributed by atoms with Crippen LogP contribution in [0, 0.1) is 17.0 Å². The van der Waals surface area contributed by atoms with Crippen LogP contribution in [0.4, 0.5) is 5.69 Å². The monoisotopic (exact) mass is 280 g/mol. The Kier molecular flexibility index (Phi) is 5.07. The van der Waals surface area contributed by atoms with Crippen molar-refractivity contribution in [3.8, 4) is 0 Å². The summed E-state index contributed by atoms with van der Waals surface area (Å²) in [7, 11) is 0. The lowest BCUT2D eigenvalue weighted by atomic mass is 10.1. The van der Waals surface area contributed by atoms with Gasteiger partial charge >= 0.3 is 5.97 Å². The maximum absolute atomic E-state index is 12.0. The number of nitrogens with zero attached hydrogens (tertiary/aromatic N) is 1. The SMILES string of the molecule is Cc1ccc(NC(C[N+](=O)[O-])C(=O)OC(C)(C)C)cc1. The molecule has 6 heteroatoms. The van der Waals surface area contributed by atoms with Crippen molar-refractivity contribution in [3.05, 3.63) is 39.9 Å². The van der Waals surface area contributed by atoms with Crippen molar-refractivity contribution in [2.45, 2.75) is 39.3 Å². The van der Waals surface area contributed by atoms with Crippen LogP contribution >= 0.6 is 0 Å². The minimum absolute atomic E-state index is 0.525. The maximum atomic E-state index is 12.0. The molecule has 0 heterocycles. The second-order valence-corrected chi connectivity index (χ2v) is 5.61. The Hall–Kier alpha value is -2.11. The number of carbonyl (C=O) groups excluding carboxylic acids is 1. The van der Waals surface area contributed by atoms with Crippen LogP contribution in [-0.4, -0.2) is 29.1 Å². The largest absolute Gasteiger partial charge is 0.458 e. The van der Waals surface area contributed by atoms with Crippen molar-refractivity contribution < 1.29 is 14.5 Å². The lowest BCUT2D eigenvalue weighted by Gasteiger charge is -2.23. The van der Waals surface area contributed by atoms with Crippen molar-refractivity contribution in [1.29, 1.82) is 0 Å². The van der Waals surface area contributed by atoms with E-state index >= 15 is 0 Å². The van der Waals surface area contributed by atoms with Gasteiger partial charge in [-0.05, 0) is 39.8 Å². The normalized spacial score (nSPS) is 12.6. The minimum Gasteiger partial charge on any atom is -0.458 e. The molecule has 0 aromatic heterocycles. The molecule has 1 N–H and O–H groups in total. The molecule has 1 unspecified atom stereocenters. The third-order valence-electron chi connectivity index (χ3n) is 2.42. The third-order valence-corrected chi connectivity index (χ3v) is 2.42. The van der Waals surface area contributed by atoms with Crippen LogP contribution in [0.2, 0.25) is 0 Å². The van der Waals surface area contributed by atoms with E-state index in [0.29, 0.717) is 5.69 Å². The fraction of sp³-hybridized carbons (Fsp3) is 0.500. The summed E-state index contributed by atoms with van der Waals surface area (Å²) in [5.74, 6) is -0.630. The van der Waals surface area contributed by atoms with Gasteiger partial charge in [-0.2, -0.15) is 0 Å². The fourth-order valence-electron chi connectivity index (χ4n) is 1.55. The van der Waals surface area contributed by atoms with E-state index in [1.54, 1.807) is 32.9 Å². The van der Waals surface area contributed by atoms with Gasteiger partial charge in [0.2, 0.25) is 6.54 Å². The number of aryl methyl sites for hydroxylation is 1. The van der Waals surface area contributed by atoms with E-state index < -0.39 is 29.1 Å². The molecule has 0 saturated heterocycles. The first-order valence-electron chi connectivity index (χ1n) is 6.35. The number of ether oxygens (including phenoxy) is 1. The van der Waals surface area contributed by atoms with Crippen molar-refractivity contribution in [2.75, 3.05) is 11.9 Å². The van der Waals surface area contributed by atoms with E-state index in [-0.39, 0.29) is 0 Å². The Morgan fingerprint density at radius 1 is 1.35 bits per heavy atom. The van der Waals surface area contributed by atoms with Crippen LogP contribution < -0.4 is 5.32 Å². The van der Waals surface area contributed by atoms with Crippen LogP contribution in [-0.2, 0) is 9.53 Å². The Morgan fingerprint density at radius 3 is 2.35 bits per heavy atom. The fourth-order valence-corrected chi connectivity index (χ4v) is 1.55. The lowest BCUT2D eigenvalue weighted by Crippen LogP contribution is -2.41. The molecule has 1 aromatic rings. The highest BCUT2D eigenvalue weighted by molar-refractivity contribution is 5.79. The van der Waals surface area contributed by atoms with Crippen molar-refractivity contribution >= 4 is 11.7 Å². The number of anilines is 1. The quantitative estimate of drug-likeness (QED) is 0.509. The van der Waals surface area contributed by atoms with Gasteiger partial charge in [-0.1, -0.05) is 17.7 Å². The smallest absolute Gasteiger partial charge is 0.336 e. The van der Waals surface area contributed by atoms with E-state index in [4.69, 9.17) is 4.74 Å². The molecule has 110 valence electrons. The average molecular weight is 280 g/mol. The summed E-state index contributed by atoms with van der Waals surface area (Å²) in [5.41, 5.74) is 1.04. The molecule has 0 aliphatic rings. The maximum Gasteiger partial charge on any atom is 0.336 e. The number of benzene rings is 1. The second kappa shape index (κ2) is 6.36. The molecule has 0 saturated carbocycles. The Balaban J connectivity index is 2.81. The van der Waals surface area contributed by atoms with Gasteiger partial charge in [-0.25, -0.2) is 4.79 Å². The van der Waals surface area contributed by atoms with Crippen LogP contribution in [0.15, 0.2) is 24.3 Å². The summed E-state index contributed by atoms with van der Waals surface area (Å²) in [6, 6.07) is 6.26. The van der Waals surface area contributed by atoms with Crippen molar-refractivity contribution in [2.24, 2.45) is 0 Å². The topological polar surface area (TPSA) is 81.5 Å². The van der Waals surface area contributed by atoms with Gasteiger partial charge in [0, 0.05) is 10.6 Å². The second-order valence-electron chi connectivity index (χ2n) is 5.61. The van der Waals surface area contributed by atoms with E-state index in [9.17, 15) is 14.9 Å². The predicted molar refractivity (Wildman–Crippen MR) is 76.3 cm³/mol. The first-order chi connectivity index (χ1) is 9.17. The van der Waals surface area contributed by atoms with Gasteiger partial charge in [-0.3, -0.25) is 10.1 Å². The zero-order chi connectivity index (χ0) is 15.3. The van der Waals surface area contributed by atoms with Gasteiger partial charge in [-0.15, -0.1) is 0 Å². The van der Waals surface area contributed by atoms with E-state index in [2.05, 4.69) is 5.32 Å². The number of esters is 1. The highest BCUT2D eigenvalue weighted by Crippen LogP contribution is 2.14. The van der Waals surface area contributed by atoms with Gasteiger partial charge in [0.1, 0.15) is 5.60 Å². The summed E-state index contributed by atoms with van der Waals surface area (Å²) in [6.07, 6.45) is 0. The number of rotatable bonds is 5. The summed E-state index contributed by atoms with van der Waals surface area (Å²) in [6.45, 7) is 6.58. The lowest BCUT2D eigenvalue weighted by molar-refractivity contribution is -0.480. The predicted octanol–water partition coefficient (Wildman–Crippen LogP) is 2.39. The van der Waals surface area contributed by atoms with Gasteiger partial charge < -0.3 is 10.1 Å². The van der Waals surface area contributed by atoms with Crippen LogP contribution in [0.5, 0.6) is 0 Å². The highest BCUT2D eigenvalue weighted by Gasteiger charge is 2.29. The Morgan fingerprint density at radius 2 is 1.90 bits per heavy atom. The standard InChI is InChI=1S/C14H20N2O4/c1-10-5-7-11(8-6-10)15-12(9-16(18)19)13(17)20-14(2,3)4/h5-8,12,15H,9H2,1-4H3. The molecule has 0 aliphatic heterocycles. The number of nitro groups is 1. The molecule has 1 rings (SSSR count). The zero-order valence-electron chi connectivity index (χ0n) is 12.2. The molecule has 0 bridgehead atoms. The first-order valence-corrected chi connectivity index (χ1v) is 6.35. The van der Waals surface area contributed by atoms with Crippen molar-refractivity contribution in [3.63, 3.8) is 0 Å². The van der Waals surface area contributed by atoms with Gasteiger partial charge in [0.05, 0.1) is 0 Å². The Labute approximate surface area is 118 Å². The van der Waals surface area contributed by atoms with Crippen molar-refractivity contribution in [1.82, 2.24) is 0 Å². The summed E-state index contributed by atoms with van der Waals surface area (Å²) < 4.78 is 5.19. The molecule has 20 heavy (non-hydrogen) atoms. The Bertz CT molecular complexity index is 477. The minimum atomic E-state index is -1.01. The molecule has 1 atom stereocenters. The van der Waals surface area contributed by atoms with E-state index in [1.165, 1.54) is 0 Å². The number of hydrogen-bond donors (Lipinski definition) is 1. The molecule has 0 fully saturated rings. The van der Waals surface area contributed by atoms with Crippen LogP contribution in [0.25, 0.3) is 0 Å². The van der Waals surface area contributed by atoms with E-state index in [1.807, 2.05) is 19.1 Å². The first kappa shape index (κ1) is 15.9. The van der Waals surface area contributed by atoms with Crippen LogP contribution in [0.3, 0.4) is 0 Å². The number of nitrogens with one attached hydrogen (secondary N) is 1.